The second kappa shape index (κ2) is 5.43. The van der Waals surface area contributed by atoms with Crippen molar-refractivity contribution in [3.63, 3.8) is 0 Å². The van der Waals surface area contributed by atoms with Crippen LogP contribution in [0.5, 0.6) is 0 Å². The molecule has 1 heterocycles. The number of rotatable bonds is 2. The van der Waals surface area contributed by atoms with Gasteiger partial charge in [-0.2, -0.15) is 0 Å². The first kappa shape index (κ1) is 13.8. The topological polar surface area (TPSA) is 41.1 Å². The van der Waals surface area contributed by atoms with Crippen LogP contribution in [-0.4, -0.2) is 13.0 Å². The van der Waals surface area contributed by atoms with Gasteiger partial charge >= 0.3 is 0 Å². The first-order valence-electron chi connectivity index (χ1n) is 7.85. The average molecular weight is 302 g/mol. The molecule has 1 atom stereocenters. The van der Waals surface area contributed by atoms with E-state index in [1.807, 2.05) is 19.2 Å². The Bertz CT molecular complexity index is 884. The molecule has 3 nitrogen and oxygen atoms in total. The summed E-state index contributed by atoms with van der Waals surface area (Å²) in [5.74, 6) is 0.186. The van der Waals surface area contributed by atoms with Crippen LogP contribution < -0.4 is 10.6 Å². The summed E-state index contributed by atoms with van der Waals surface area (Å²) in [7, 11) is 1.91. The van der Waals surface area contributed by atoms with Gasteiger partial charge in [-0.15, -0.1) is 0 Å². The van der Waals surface area contributed by atoms with Crippen molar-refractivity contribution < 1.29 is 4.79 Å². The molecule has 0 fully saturated rings. The molecular weight excluding hydrogens is 284 g/mol. The third kappa shape index (κ3) is 2.34. The van der Waals surface area contributed by atoms with Crippen molar-refractivity contribution >= 4 is 28.1 Å². The van der Waals surface area contributed by atoms with E-state index < -0.39 is 0 Å². The maximum Gasteiger partial charge on any atom is 0.225 e. The fraction of sp³-hybridized carbons (Fsp3) is 0.150. The number of hydrogen-bond acceptors (Lipinski definition) is 2. The zero-order chi connectivity index (χ0) is 15.8. The van der Waals surface area contributed by atoms with Crippen LogP contribution in [-0.2, 0) is 4.79 Å². The Morgan fingerprint density at radius 2 is 1.78 bits per heavy atom. The van der Waals surface area contributed by atoms with Gasteiger partial charge in [0.2, 0.25) is 5.91 Å². The molecule has 23 heavy (non-hydrogen) atoms. The first-order chi connectivity index (χ1) is 11.3. The van der Waals surface area contributed by atoms with Gasteiger partial charge in [0.1, 0.15) is 0 Å². The van der Waals surface area contributed by atoms with Crippen molar-refractivity contribution in [1.29, 1.82) is 0 Å². The maximum atomic E-state index is 12.3. The van der Waals surface area contributed by atoms with Gasteiger partial charge in [0.05, 0.1) is 5.69 Å². The molecule has 4 rings (SSSR count). The van der Waals surface area contributed by atoms with E-state index in [-0.39, 0.29) is 11.8 Å². The number of anilines is 2. The van der Waals surface area contributed by atoms with Crippen LogP contribution in [0.15, 0.2) is 60.7 Å². The summed E-state index contributed by atoms with van der Waals surface area (Å²) >= 11 is 0. The Morgan fingerprint density at radius 3 is 2.57 bits per heavy atom. The summed E-state index contributed by atoms with van der Waals surface area (Å²) < 4.78 is 0. The lowest BCUT2D eigenvalue weighted by atomic mass is 9.83. The van der Waals surface area contributed by atoms with Crippen LogP contribution in [0.25, 0.3) is 10.8 Å². The van der Waals surface area contributed by atoms with E-state index in [4.69, 9.17) is 0 Å². The summed E-state index contributed by atoms with van der Waals surface area (Å²) in [4.78, 5) is 12.3. The van der Waals surface area contributed by atoms with Crippen molar-refractivity contribution in [1.82, 2.24) is 0 Å². The third-order valence-electron chi connectivity index (χ3n) is 4.59. The molecule has 1 aliphatic heterocycles. The number of benzene rings is 3. The Morgan fingerprint density at radius 1 is 1.00 bits per heavy atom. The molecule has 3 heteroatoms. The molecule has 0 radical (unpaired) electrons. The highest BCUT2D eigenvalue weighted by molar-refractivity contribution is 6.06. The van der Waals surface area contributed by atoms with Crippen LogP contribution in [0, 0.1) is 0 Å². The molecule has 3 aromatic rings. The minimum Gasteiger partial charge on any atom is -0.388 e. The Kier molecular flexibility index (Phi) is 3.27. The van der Waals surface area contributed by atoms with Gasteiger partial charge in [-0.05, 0) is 28.6 Å². The summed E-state index contributed by atoms with van der Waals surface area (Å²) in [6.45, 7) is 0. The van der Waals surface area contributed by atoms with E-state index in [1.165, 1.54) is 11.1 Å². The van der Waals surface area contributed by atoms with Crippen LogP contribution in [0.1, 0.15) is 23.5 Å². The van der Waals surface area contributed by atoms with Crippen LogP contribution in [0.4, 0.5) is 11.4 Å². The monoisotopic (exact) mass is 302 g/mol. The third-order valence-corrected chi connectivity index (χ3v) is 4.59. The minimum atomic E-state index is 0.0801. The zero-order valence-corrected chi connectivity index (χ0v) is 13.0. The highest BCUT2D eigenvalue weighted by atomic mass is 16.1. The van der Waals surface area contributed by atoms with Gasteiger partial charge < -0.3 is 10.6 Å². The second-order valence-corrected chi connectivity index (χ2v) is 5.93. The molecule has 1 amide bonds. The van der Waals surface area contributed by atoms with E-state index in [1.54, 1.807) is 0 Å². The molecule has 0 saturated carbocycles. The lowest BCUT2D eigenvalue weighted by Gasteiger charge is -2.27. The lowest BCUT2D eigenvalue weighted by Crippen LogP contribution is -2.23. The number of carbonyl (C=O) groups excluding carboxylic acids is 1. The number of nitrogens with one attached hydrogen (secondary N) is 2. The van der Waals surface area contributed by atoms with Gasteiger partial charge in [0.25, 0.3) is 0 Å². The van der Waals surface area contributed by atoms with Gasteiger partial charge in [-0.1, -0.05) is 48.5 Å². The molecule has 2 N–H and O–H groups in total. The molecule has 0 aromatic heterocycles. The average Bonchev–Trinajstić information content (AvgIpc) is 2.61. The number of carbonyl (C=O) groups is 1. The number of fused-ring (bicyclic) bond motifs is 3. The summed E-state index contributed by atoms with van der Waals surface area (Å²) in [6, 6.07) is 20.8. The number of amides is 1. The summed E-state index contributed by atoms with van der Waals surface area (Å²) in [6.07, 6.45) is 0.490. The molecule has 0 aliphatic carbocycles. The predicted octanol–water partition coefficient (Wildman–Crippen LogP) is 4.36. The molecule has 114 valence electrons. The summed E-state index contributed by atoms with van der Waals surface area (Å²) in [5.41, 5.74) is 4.41. The molecular formula is C20H18N2O. The molecule has 0 saturated heterocycles. The van der Waals surface area contributed by atoms with E-state index in [9.17, 15) is 4.79 Å². The molecule has 0 bridgehead atoms. The van der Waals surface area contributed by atoms with Crippen LogP contribution >= 0.6 is 0 Å². The zero-order valence-electron chi connectivity index (χ0n) is 13.0. The highest BCUT2D eigenvalue weighted by Crippen LogP contribution is 2.40. The van der Waals surface area contributed by atoms with Gasteiger partial charge in [0.15, 0.2) is 0 Å². The smallest absolute Gasteiger partial charge is 0.225 e. The van der Waals surface area contributed by atoms with E-state index >= 15 is 0 Å². The predicted molar refractivity (Wildman–Crippen MR) is 95.0 cm³/mol. The highest BCUT2D eigenvalue weighted by Gasteiger charge is 2.27. The minimum absolute atomic E-state index is 0.0801. The van der Waals surface area contributed by atoms with Gasteiger partial charge in [-0.25, -0.2) is 0 Å². The van der Waals surface area contributed by atoms with Crippen molar-refractivity contribution in [3.05, 3.63) is 71.8 Å². The quantitative estimate of drug-likeness (QED) is 0.738. The van der Waals surface area contributed by atoms with E-state index in [0.29, 0.717) is 6.42 Å². The first-order valence-corrected chi connectivity index (χ1v) is 7.85. The van der Waals surface area contributed by atoms with Crippen molar-refractivity contribution in [2.24, 2.45) is 0 Å². The molecule has 0 spiro atoms. The Balaban J connectivity index is 1.87. The van der Waals surface area contributed by atoms with Gasteiger partial charge in [-0.3, -0.25) is 4.79 Å². The standard InChI is InChI=1S/C20H18N2O/c1-21-15-9-6-14(7-10-15)18-12-19(23)22-20-16-5-3-2-4-13(16)8-11-17(18)20/h2-11,18,21H,12H2,1H3,(H,22,23). The van der Waals surface area contributed by atoms with Crippen LogP contribution in [0.3, 0.4) is 0 Å². The molecule has 3 aromatic carbocycles. The van der Waals surface area contributed by atoms with E-state index in [2.05, 4.69) is 59.2 Å². The van der Waals surface area contributed by atoms with Crippen molar-refractivity contribution in [2.75, 3.05) is 17.7 Å². The number of hydrogen-bond donors (Lipinski definition) is 2. The normalized spacial score (nSPS) is 16.7. The Labute approximate surface area is 135 Å². The van der Waals surface area contributed by atoms with Crippen LogP contribution in [0.2, 0.25) is 0 Å². The van der Waals surface area contributed by atoms with Gasteiger partial charge in [0, 0.05) is 30.5 Å². The van der Waals surface area contributed by atoms with E-state index in [0.717, 1.165) is 22.1 Å². The van der Waals surface area contributed by atoms with Crippen molar-refractivity contribution in [2.45, 2.75) is 12.3 Å². The SMILES string of the molecule is CNc1ccc(C2CC(=O)Nc3c2ccc2ccccc32)cc1. The summed E-state index contributed by atoms with van der Waals surface area (Å²) in [5, 5.41) is 8.46. The Hall–Kier alpha value is -2.81. The molecule has 1 aliphatic rings. The fourth-order valence-corrected chi connectivity index (χ4v) is 3.38. The second-order valence-electron chi connectivity index (χ2n) is 5.93. The lowest BCUT2D eigenvalue weighted by molar-refractivity contribution is -0.116. The van der Waals surface area contributed by atoms with Crippen molar-refractivity contribution in [3.8, 4) is 0 Å². The molecule has 1 unspecified atom stereocenters. The fourth-order valence-electron chi connectivity index (χ4n) is 3.38. The largest absolute Gasteiger partial charge is 0.388 e. The maximum absolute atomic E-state index is 12.3.